The van der Waals surface area contributed by atoms with E-state index < -0.39 is 10.0 Å². The number of sulfonamides is 1. The van der Waals surface area contributed by atoms with Crippen LogP contribution >= 0.6 is 0 Å². The normalized spacial score (nSPS) is 24.9. The van der Waals surface area contributed by atoms with Gasteiger partial charge in [0.1, 0.15) is 0 Å². The van der Waals surface area contributed by atoms with Crippen molar-refractivity contribution < 1.29 is 13.5 Å². The van der Waals surface area contributed by atoms with E-state index in [0.29, 0.717) is 12.8 Å². The van der Waals surface area contributed by atoms with E-state index in [0.717, 1.165) is 6.42 Å². The molecular weight excluding hydrogens is 202 g/mol. The summed E-state index contributed by atoms with van der Waals surface area (Å²) in [4.78, 5) is 0. The van der Waals surface area contributed by atoms with E-state index >= 15 is 0 Å². The molecule has 0 aromatic rings. The first-order chi connectivity index (χ1) is 6.37. The highest BCUT2D eigenvalue weighted by Crippen LogP contribution is 2.44. The van der Waals surface area contributed by atoms with Gasteiger partial charge in [0.05, 0.1) is 5.75 Å². The average Bonchev–Trinajstić information content (AvgIpc) is 2.57. The van der Waals surface area contributed by atoms with Crippen molar-refractivity contribution in [3.8, 4) is 0 Å². The molecule has 0 saturated heterocycles. The third kappa shape index (κ3) is 3.55. The predicted molar refractivity (Wildman–Crippen MR) is 55.4 cm³/mol. The molecule has 14 heavy (non-hydrogen) atoms. The van der Waals surface area contributed by atoms with Gasteiger partial charge in [0.15, 0.2) is 0 Å². The molecule has 1 aliphatic carbocycles. The number of hydrogen-bond acceptors (Lipinski definition) is 3. The van der Waals surface area contributed by atoms with Gasteiger partial charge in [-0.15, -0.1) is 0 Å². The lowest BCUT2D eigenvalue weighted by atomic mass is 10.2. The van der Waals surface area contributed by atoms with Crippen LogP contribution in [-0.4, -0.2) is 31.9 Å². The highest BCUT2D eigenvalue weighted by molar-refractivity contribution is 7.89. The van der Waals surface area contributed by atoms with E-state index in [1.165, 1.54) is 0 Å². The highest BCUT2D eigenvalue weighted by Gasteiger charge is 2.47. The summed E-state index contributed by atoms with van der Waals surface area (Å²) in [5.41, 5.74) is 0.129. The Morgan fingerprint density at radius 2 is 2.00 bits per heavy atom. The number of aliphatic hydroxyl groups excluding tert-OH is 1. The Balaban J connectivity index is 2.29. The standard InChI is InChI=1S/C9H19NO3S/c1-9(2)7-8(9)10-14(12,13)6-4-3-5-11/h8,10-11H,3-7H2,1-2H3. The van der Waals surface area contributed by atoms with Gasteiger partial charge in [-0.2, -0.15) is 0 Å². The molecular formula is C9H19NO3S. The fourth-order valence-electron chi connectivity index (χ4n) is 1.35. The van der Waals surface area contributed by atoms with Gasteiger partial charge in [0.25, 0.3) is 0 Å². The van der Waals surface area contributed by atoms with E-state index in [9.17, 15) is 8.42 Å². The van der Waals surface area contributed by atoms with Crippen LogP contribution in [0.15, 0.2) is 0 Å². The smallest absolute Gasteiger partial charge is 0.211 e. The molecule has 1 saturated carbocycles. The molecule has 1 fully saturated rings. The van der Waals surface area contributed by atoms with Crippen molar-refractivity contribution in [1.82, 2.24) is 4.72 Å². The molecule has 1 rings (SSSR count). The summed E-state index contributed by atoms with van der Waals surface area (Å²) in [5, 5.41) is 8.53. The van der Waals surface area contributed by atoms with E-state index in [1.54, 1.807) is 0 Å². The third-order valence-corrected chi connectivity index (χ3v) is 4.13. The van der Waals surface area contributed by atoms with Crippen LogP contribution < -0.4 is 4.72 Å². The van der Waals surface area contributed by atoms with Gasteiger partial charge in [0.2, 0.25) is 10.0 Å². The van der Waals surface area contributed by atoms with Crippen molar-refractivity contribution in [3.63, 3.8) is 0 Å². The zero-order chi connectivity index (χ0) is 10.8. The predicted octanol–water partition coefficient (Wildman–Crippen LogP) is 0.477. The summed E-state index contributed by atoms with van der Waals surface area (Å²) in [6.07, 6.45) is 2.00. The molecule has 0 heterocycles. The molecule has 0 aromatic heterocycles. The largest absolute Gasteiger partial charge is 0.396 e. The fourth-order valence-corrected chi connectivity index (χ4v) is 2.89. The summed E-state index contributed by atoms with van der Waals surface area (Å²) in [6, 6.07) is 0.113. The minimum atomic E-state index is -3.12. The van der Waals surface area contributed by atoms with E-state index in [2.05, 4.69) is 4.72 Å². The third-order valence-electron chi connectivity index (χ3n) is 2.66. The Kier molecular flexibility index (Phi) is 3.55. The highest BCUT2D eigenvalue weighted by atomic mass is 32.2. The molecule has 1 atom stereocenters. The topological polar surface area (TPSA) is 66.4 Å². The fraction of sp³-hybridized carbons (Fsp3) is 1.00. The second kappa shape index (κ2) is 4.16. The molecule has 4 nitrogen and oxygen atoms in total. The minimum Gasteiger partial charge on any atom is -0.396 e. The summed E-state index contributed by atoms with van der Waals surface area (Å²) in [7, 11) is -3.12. The van der Waals surface area contributed by atoms with Crippen LogP contribution in [0.5, 0.6) is 0 Å². The number of rotatable bonds is 6. The molecule has 0 bridgehead atoms. The molecule has 0 aromatic carbocycles. The molecule has 0 spiro atoms. The van der Waals surface area contributed by atoms with Crippen LogP contribution in [0.2, 0.25) is 0 Å². The SMILES string of the molecule is CC1(C)CC1NS(=O)(=O)CCCCO. The van der Waals surface area contributed by atoms with Gasteiger partial charge in [-0.25, -0.2) is 13.1 Å². The average molecular weight is 221 g/mol. The van der Waals surface area contributed by atoms with Gasteiger partial charge in [-0.05, 0) is 24.7 Å². The lowest BCUT2D eigenvalue weighted by Crippen LogP contribution is -2.30. The van der Waals surface area contributed by atoms with Gasteiger partial charge >= 0.3 is 0 Å². The zero-order valence-electron chi connectivity index (χ0n) is 8.78. The van der Waals surface area contributed by atoms with Crippen molar-refractivity contribution in [1.29, 1.82) is 0 Å². The molecule has 1 aliphatic rings. The van der Waals surface area contributed by atoms with E-state index in [-0.39, 0.29) is 23.8 Å². The monoisotopic (exact) mass is 221 g/mol. The van der Waals surface area contributed by atoms with E-state index in [1.807, 2.05) is 13.8 Å². The summed E-state index contributed by atoms with van der Waals surface area (Å²) in [5.74, 6) is 0.125. The lowest BCUT2D eigenvalue weighted by molar-refractivity contribution is 0.287. The molecule has 2 N–H and O–H groups in total. The lowest BCUT2D eigenvalue weighted by Gasteiger charge is -2.07. The molecule has 0 radical (unpaired) electrons. The Morgan fingerprint density at radius 3 is 2.43 bits per heavy atom. The van der Waals surface area contributed by atoms with Crippen LogP contribution in [-0.2, 0) is 10.0 Å². The Hall–Kier alpha value is -0.130. The second-order valence-electron chi connectivity index (χ2n) is 4.61. The number of aliphatic hydroxyl groups is 1. The first-order valence-electron chi connectivity index (χ1n) is 4.98. The molecule has 1 unspecified atom stereocenters. The van der Waals surface area contributed by atoms with Crippen molar-refractivity contribution >= 4 is 10.0 Å². The first-order valence-corrected chi connectivity index (χ1v) is 6.63. The summed E-state index contributed by atoms with van der Waals surface area (Å²) in [6.45, 7) is 4.16. The van der Waals surface area contributed by atoms with Crippen molar-refractivity contribution in [2.75, 3.05) is 12.4 Å². The van der Waals surface area contributed by atoms with E-state index in [4.69, 9.17) is 5.11 Å². The van der Waals surface area contributed by atoms with Crippen molar-refractivity contribution in [2.24, 2.45) is 5.41 Å². The maximum absolute atomic E-state index is 11.5. The van der Waals surface area contributed by atoms with Gasteiger partial charge in [-0.3, -0.25) is 0 Å². The Bertz CT molecular complexity index is 284. The zero-order valence-corrected chi connectivity index (χ0v) is 9.60. The summed E-state index contributed by atoms with van der Waals surface area (Å²) < 4.78 is 25.6. The maximum Gasteiger partial charge on any atom is 0.211 e. The van der Waals surface area contributed by atoms with Gasteiger partial charge in [-0.1, -0.05) is 13.8 Å². The number of nitrogens with one attached hydrogen (secondary N) is 1. The van der Waals surface area contributed by atoms with Gasteiger partial charge < -0.3 is 5.11 Å². The van der Waals surface area contributed by atoms with Crippen LogP contribution in [0, 0.1) is 5.41 Å². The minimum absolute atomic E-state index is 0.0600. The van der Waals surface area contributed by atoms with Crippen LogP contribution in [0.1, 0.15) is 33.1 Å². The van der Waals surface area contributed by atoms with Crippen molar-refractivity contribution in [2.45, 2.75) is 39.2 Å². The second-order valence-corrected chi connectivity index (χ2v) is 6.49. The molecule has 5 heteroatoms. The quantitative estimate of drug-likeness (QED) is 0.641. The molecule has 0 aliphatic heterocycles. The molecule has 0 amide bonds. The number of hydrogen-bond donors (Lipinski definition) is 2. The maximum atomic E-state index is 11.5. The van der Waals surface area contributed by atoms with Crippen LogP contribution in [0.3, 0.4) is 0 Å². The van der Waals surface area contributed by atoms with Crippen LogP contribution in [0.25, 0.3) is 0 Å². The number of unbranched alkanes of at least 4 members (excludes halogenated alkanes) is 1. The Morgan fingerprint density at radius 1 is 1.43 bits per heavy atom. The van der Waals surface area contributed by atoms with Gasteiger partial charge in [0, 0.05) is 12.6 Å². The van der Waals surface area contributed by atoms with Crippen molar-refractivity contribution in [3.05, 3.63) is 0 Å². The first kappa shape index (κ1) is 11.9. The van der Waals surface area contributed by atoms with Crippen LogP contribution in [0.4, 0.5) is 0 Å². The Labute approximate surface area is 85.8 Å². The molecule has 84 valence electrons. The summed E-state index contributed by atoms with van der Waals surface area (Å²) >= 11 is 0.